The molecule has 2 aromatic rings. The van der Waals surface area contributed by atoms with Crippen LogP contribution in [0.4, 0.5) is 11.8 Å². The fourth-order valence-corrected chi connectivity index (χ4v) is 4.23. The molecule has 2 heterocycles. The molecule has 2 atom stereocenters. The molecule has 5 rings (SSSR count). The van der Waals surface area contributed by atoms with Crippen molar-refractivity contribution in [2.45, 2.75) is 37.1 Å². The Bertz CT molecular complexity index is 774. The number of rotatable bonds is 5. The minimum Gasteiger partial charge on any atom is -0.395 e. The summed E-state index contributed by atoms with van der Waals surface area (Å²) in [6, 6.07) is 11.5. The van der Waals surface area contributed by atoms with E-state index < -0.39 is 0 Å². The van der Waals surface area contributed by atoms with Gasteiger partial charge >= 0.3 is 0 Å². The van der Waals surface area contributed by atoms with Crippen molar-refractivity contribution < 1.29 is 5.11 Å². The summed E-state index contributed by atoms with van der Waals surface area (Å²) in [7, 11) is 0. The molecule has 124 valence electrons. The summed E-state index contributed by atoms with van der Waals surface area (Å²) in [5.74, 6) is 2.90. The second-order valence-electron chi connectivity index (χ2n) is 7.13. The lowest BCUT2D eigenvalue weighted by molar-refractivity contribution is 0.311. The molecule has 1 saturated heterocycles. The highest BCUT2D eigenvalue weighted by atomic mass is 16.3. The predicted molar refractivity (Wildman–Crippen MR) is 93.5 cm³/mol. The van der Waals surface area contributed by atoms with E-state index in [-0.39, 0.29) is 6.61 Å². The van der Waals surface area contributed by atoms with Crippen LogP contribution in [0.2, 0.25) is 0 Å². The molecule has 2 fully saturated rings. The van der Waals surface area contributed by atoms with E-state index in [9.17, 15) is 0 Å². The molecule has 0 spiro atoms. The molecule has 5 nitrogen and oxygen atoms in total. The topological polar surface area (TPSA) is 61.3 Å². The normalized spacial score (nSPS) is 24.3. The molecule has 2 aliphatic carbocycles. The maximum atomic E-state index is 9.07. The second-order valence-corrected chi connectivity index (χ2v) is 7.13. The quantitative estimate of drug-likeness (QED) is 0.886. The molecule has 2 N–H and O–H groups in total. The van der Waals surface area contributed by atoms with Gasteiger partial charge in [-0.1, -0.05) is 24.3 Å². The van der Waals surface area contributed by atoms with Crippen LogP contribution in [0.5, 0.6) is 0 Å². The largest absolute Gasteiger partial charge is 0.395 e. The van der Waals surface area contributed by atoms with E-state index in [2.05, 4.69) is 45.5 Å². The maximum Gasteiger partial charge on any atom is 0.224 e. The van der Waals surface area contributed by atoms with E-state index in [1.54, 1.807) is 0 Å². The average Bonchev–Trinajstić information content (AvgIpc) is 3.30. The first kappa shape index (κ1) is 14.2. The Morgan fingerprint density at radius 3 is 2.75 bits per heavy atom. The van der Waals surface area contributed by atoms with Gasteiger partial charge in [-0.25, -0.2) is 4.98 Å². The number of aliphatic hydroxyl groups excluding tert-OH is 1. The number of aromatic nitrogens is 2. The molecule has 1 aromatic carbocycles. The zero-order valence-corrected chi connectivity index (χ0v) is 13.7. The number of benzene rings is 1. The van der Waals surface area contributed by atoms with Gasteiger partial charge in [0.05, 0.1) is 18.3 Å². The lowest BCUT2D eigenvalue weighted by Gasteiger charge is -2.30. The molecule has 0 unspecified atom stereocenters. The second kappa shape index (κ2) is 5.45. The highest BCUT2D eigenvalue weighted by Gasteiger charge is 2.43. The zero-order chi connectivity index (χ0) is 16.1. The van der Waals surface area contributed by atoms with Crippen molar-refractivity contribution in [1.82, 2.24) is 9.97 Å². The molecule has 24 heavy (non-hydrogen) atoms. The molecule has 3 aliphatic rings. The van der Waals surface area contributed by atoms with Gasteiger partial charge < -0.3 is 15.3 Å². The first-order chi connectivity index (χ1) is 11.8. The number of nitrogens with one attached hydrogen (secondary N) is 1. The van der Waals surface area contributed by atoms with Gasteiger partial charge in [-0.15, -0.1) is 0 Å². The van der Waals surface area contributed by atoms with E-state index in [1.807, 2.05) is 0 Å². The molecule has 2 bridgehead atoms. The number of hydrogen-bond acceptors (Lipinski definition) is 5. The van der Waals surface area contributed by atoms with Gasteiger partial charge in [0.15, 0.2) is 0 Å². The predicted octanol–water partition coefficient (Wildman–Crippen LogP) is 2.81. The first-order valence-corrected chi connectivity index (χ1v) is 8.92. The van der Waals surface area contributed by atoms with E-state index in [0.29, 0.717) is 30.4 Å². The number of aliphatic hydroxyl groups is 1. The summed E-state index contributed by atoms with van der Waals surface area (Å²) in [5, 5.41) is 12.2. The van der Waals surface area contributed by atoms with Crippen molar-refractivity contribution in [3.63, 3.8) is 0 Å². The van der Waals surface area contributed by atoms with Crippen molar-refractivity contribution in [3.05, 3.63) is 47.2 Å². The van der Waals surface area contributed by atoms with Gasteiger partial charge in [0.1, 0.15) is 5.82 Å². The maximum absolute atomic E-state index is 9.07. The molecule has 1 aliphatic heterocycles. The van der Waals surface area contributed by atoms with Gasteiger partial charge in [-0.3, -0.25) is 0 Å². The Balaban J connectivity index is 1.50. The molecular formula is C19H22N4O. The molecule has 1 saturated carbocycles. The highest BCUT2D eigenvalue weighted by Crippen LogP contribution is 2.51. The van der Waals surface area contributed by atoms with Gasteiger partial charge in [0, 0.05) is 31.0 Å². The Morgan fingerprint density at radius 2 is 1.96 bits per heavy atom. The van der Waals surface area contributed by atoms with Crippen LogP contribution >= 0.6 is 0 Å². The van der Waals surface area contributed by atoms with E-state index >= 15 is 0 Å². The smallest absolute Gasteiger partial charge is 0.224 e. The number of nitrogens with zero attached hydrogens (tertiary/aromatic N) is 3. The molecule has 0 radical (unpaired) electrons. The van der Waals surface area contributed by atoms with Crippen molar-refractivity contribution >= 4 is 11.8 Å². The van der Waals surface area contributed by atoms with Crippen molar-refractivity contribution in [2.24, 2.45) is 0 Å². The van der Waals surface area contributed by atoms with Crippen LogP contribution in [-0.4, -0.2) is 34.8 Å². The number of fused-ring (bicyclic) bond motifs is 5. The summed E-state index contributed by atoms with van der Waals surface area (Å²) in [4.78, 5) is 11.8. The summed E-state index contributed by atoms with van der Waals surface area (Å²) in [6.45, 7) is 1.62. The molecular weight excluding hydrogens is 300 g/mol. The van der Waals surface area contributed by atoms with E-state index in [4.69, 9.17) is 10.1 Å². The molecule has 5 heteroatoms. The van der Waals surface area contributed by atoms with Crippen LogP contribution in [0.15, 0.2) is 30.3 Å². The Kier molecular flexibility index (Phi) is 3.23. The van der Waals surface area contributed by atoms with E-state index in [1.165, 1.54) is 30.4 Å². The van der Waals surface area contributed by atoms with Gasteiger partial charge in [0.25, 0.3) is 0 Å². The standard InChI is InChI=1S/C19H22N4O/c24-8-7-20-19-21-16(12-5-6-12)10-18(22-19)23-11-13-9-17(23)15-4-2-1-3-14(13)15/h1-4,10,12-13,17,24H,5-9,11H2,(H,20,21,22)/t13-,17+/m1/s1. The summed E-state index contributed by atoms with van der Waals surface area (Å²) in [5.41, 5.74) is 4.13. The van der Waals surface area contributed by atoms with Crippen LogP contribution in [0, 0.1) is 0 Å². The zero-order valence-electron chi connectivity index (χ0n) is 13.7. The lowest BCUT2D eigenvalue weighted by Crippen LogP contribution is -2.28. The highest BCUT2D eigenvalue weighted by molar-refractivity contribution is 5.55. The summed E-state index contributed by atoms with van der Waals surface area (Å²) < 4.78 is 0. The minimum absolute atomic E-state index is 0.0914. The van der Waals surface area contributed by atoms with E-state index in [0.717, 1.165) is 18.1 Å². The number of hydrogen-bond donors (Lipinski definition) is 2. The third-order valence-corrected chi connectivity index (χ3v) is 5.51. The van der Waals surface area contributed by atoms with Crippen molar-refractivity contribution in [1.29, 1.82) is 0 Å². The van der Waals surface area contributed by atoms with Gasteiger partial charge in [-0.2, -0.15) is 4.98 Å². The fourth-order valence-electron chi connectivity index (χ4n) is 4.23. The van der Waals surface area contributed by atoms with Gasteiger partial charge in [-0.05, 0) is 30.4 Å². The Morgan fingerprint density at radius 1 is 1.12 bits per heavy atom. The average molecular weight is 322 g/mol. The van der Waals surface area contributed by atoms with Crippen molar-refractivity contribution in [3.8, 4) is 0 Å². The third kappa shape index (κ3) is 2.26. The van der Waals surface area contributed by atoms with Crippen LogP contribution in [-0.2, 0) is 0 Å². The summed E-state index contributed by atoms with van der Waals surface area (Å²) in [6.07, 6.45) is 3.65. The SMILES string of the molecule is OCCNc1nc(C2CC2)cc(N2C[C@H]3C[C@H]2c2ccccc23)n1. The Labute approximate surface area is 141 Å². The lowest BCUT2D eigenvalue weighted by atomic mass is 9.99. The number of anilines is 2. The Hall–Kier alpha value is -2.14. The molecule has 0 amide bonds. The van der Waals surface area contributed by atoms with Crippen LogP contribution in [0.1, 0.15) is 54.0 Å². The summed E-state index contributed by atoms with van der Waals surface area (Å²) >= 11 is 0. The van der Waals surface area contributed by atoms with Crippen molar-refractivity contribution in [2.75, 3.05) is 29.9 Å². The van der Waals surface area contributed by atoms with Crippen LogP contribution < -0.4 is 10.2 Å². The molecule has 1 aromatic heterocycles. The monoisotopic (exact) mass is 322 g/mol. The fraction of sp³-hybridized carbons (Fsp3) is 0.474. The van der Waals surface area contributed by atoms with Gasteiger partial charge in [0.2, 0.25) is 5.95 Å². The third-order valence-electron chi connectivity index (χ3n) is 5.51. The van der Waals surface area contributed by atoms with Crippen LogP contribution in [0.25, 0.3) is 0 Å². The van der Waals surface area contributed by atoms with Crippen LogP contribution in [0.3, 0.4) is 0 Å². The minimum atomic E-state index is 0.0914. The first-order valence-electron chi connectivity index (χ1n) is 8.92.